The average Bonchev–Trinajstić information content (AvgIpc) is 2.41. The summed E-state index contributed by atoms with van der Waals surface area (Å²) in [4.78, 5) is 0.131. The van der Waals surface area contributed by atoms with E-state index in [0.29, 0.717) is 16.8 Å². The molecule has 0 aliphatic rings. The molecule has 0 saturated heterocycles. The van der Waals surface area contributed by atoms with Crippen molar-refractivity contribution >= 4 is 32.9 Å². The zero-order chi connectivity index (χ0) is 15.6. The summed E-state index contributed by atoms with van der Waals surface area (Å²) >= 11 is 4.82. The van der Waals surface area contributed by atoms with Crippen LogP contribution in [0.25, 0.3) is 0 Å². The van der Waals surface area contributed by atoms with Gasteiger partial charge in [0.15, 0.2) is 0 Å². The molecule has 2 rings (SSSR count). The van der Waals surface area contributed by atoms with Crippen LogP contribution in [-0.4, -0.2) is 13.4 Å². The number of nitrogens with one attached hydrogen (secondary N) is 1. The first-order valence-corrected chi connectivity index (χ1v) is 7.87. The standard InChI is InChI=1S/C14H13FN2O2S2/c1-9-2-5-11(15)8-13(9)21(18,19)17-12-6-3-10(4-7-12)14(16)20/h2-8,17H,1H3,(H2,16,20). The van der Waals surface area contributed by atoms with E-state index in [0.717, 1.165) is 6.07 Å². The van der Waals surface area contributed by atoms with Gasteiger partial charge in [-0.25, -0.2) is 12.8 Å². The Morgan fingerprint density at radius 1 is 1.19 bits per heavy atom. The van der Waals surface area contributed by atoms with Crippen LogP contribution in [0.5, 0.6) is 0 Å². The third-order valence-electron chi connectivity index (χ3n) is 2.86. The highest BCUT2D eigenvalue weighted by Gasteiger charge is 2.17. The van der Waals surface area contributed by atoms with E-state index in [9.17, 15) is 12.8 Å². The number of nitrogens with two attached hydrogens (primary N) is 1. The van der Waals surface area contributed by atoms with Gasteiger partial charge in [0, 0.05) is 11.3 Å². The Labute approximate surface area is 127 Å². The molecule has 0 spiro atoms. The molecule has 0 radical (unpaired) electrons. The molecular formula is C14H13FN2O2S2. The molecule has 0 atom stereocenters. The second-order valence-electron chi connectivity index (χ2n) is 4.46. The molecule has 4 nitrogen and oxygen atoms in total. The van der Waals surface area contributed by atoms with Gasteiger partial charge in [0.1, 0.15) is 10.8 Å². The first-order chi connectivity index (χ1) is 9.79. The SMILES string of the molecule is Cc1ccc(F)cc1S(=O)(=O)Nc1ccc(C(N)=S)cc1. The number of sulfonamides is 1. The van der Waals surface area contributed by atoms with Crippen molar-refractivity contribution in [3.05, 3.63) is 59.4 Å². The Balaban J connectivity index is 2.33. The minimum Gasteiger partial charge on any atom is -0.389 e. The predicted molar refractivity (Wildman–Crippen MR) is 84.3 cm³/mol. The molecule has 0 fully saturated rings. The number of thiocarbonyl (C=S) groups is 1. The van der Waals surface area contributed by atoms with Gasteiger partial charge in [-0.15, -0.1) is 0 Å². The molecule has 0 saturated carbocycles. The average molecular weight is 324 g/mol. The molecule has 0 heterocycles. The van der Waals surface area contributed by atoms with Gasteiger partial charge < -0.3 is 5.73 Å². The normalized spacial score (nSPS) is 11.1. The highest BCUT2D eigenvalue weighted by atomic mass is 32.2. The van der Waals surface area contributed by atoms with E-state index in [1.54, 1.807) is 31.2 Å². The maximum Gasteiger partial charge on any atom is 0.262 e. The number of benzene rings is 2. The Bertz CT molecular complexity index is 787. The zero-order valence-corrected chi connectivity index (χ0v) is 12.8. The Hall–Kier alpha value is -1.99. The number of hydrogen-bond donors (Lipinski definition) is 2. The van der Waals surface area contributed by atoms with Gasteiger partial charge in [-0.3, -0.25) is 4.72 Å². The number of rotatable bonds is 4. The van der Waals surface area contributed by atoms with Crippen LogP contribution in [0.3, 0.4) is 0 Å². The summed E-state index contributed by atoms with van der Waals surface area (Å²) in [5.41, 5.74) is 6.91. The summed E-state index contributed by atoms with van der Waals surface area (Å²) in [6, 6.07) is 9.92. The molecular weight excluding hydrogens is 311 g/mol. The molecule has 21 heavy (non-hydrogen) atoms. The van der Waals surface area contributed by atoms with E-state index in [1.807, 2.05) is 0 Å². The van der Waals surface area contributed by atoms with Crippen molar-refractivity contribution in [1.29, 1.82) is 0 Å². The van der Waals surface area contributed by atoms with Crippen LogP contribution < -0.4 is 10.5 Å². The first kappa shape index (κ1) is 15.4. The third kappa shape index (κ3) is 3.56. The summed E-state index contributed by atoms with van der Waals surface area (Å²) in [6.07, 6.45) is 0. The summed E-state index contributed by atoms with van der Waals surface area (Å²) in [7, 11) is -3.85. The molecule has 2 aromatic rings. The van der Waals surface area contributed by atoms with E-state index in [1.165, 1.54) is 12.1 Å². The monoisotopic (exact) mass is 324 g/mol. The first-order valence-electron chi connectivity index (χ1n) is 5.98. The molecule has 110 valence electrons. The quantitative estimate of drug-likeness (QED) is 0.848. The largest absolute Gasteiger partial charge is 0.389 e. The summed E-state index contributed by atoms with van der Waals surface area (Å²) in [5, 5.41) is 0. The fraction of sp³-hybridized carbons (Fsp3) is 0.0714. The van der Waals surface area contributed by atoms with Crippen LogP contribution >= 0.6 is 12.2 Å². The highest BCUT2D eigenvalue weighted by molar-refractivity contribution is 7.92. The van der Waals surface area contributed by atoms with Crippen LogP contribution in [0.15, 0.2) is 47.4 Å². The molecule has 2 aromatic carbocycles. The van der Waals surface area contributed by atoms with Crippen molar-refractivity contribution in [2.24, 2.45) is 5.73 Å². The lowest BCUT2D eigenvalue weighted by Gasteiger charge is -2.11. The fourth-order valence-electron chi connectivity index (χ4n) is 1.78. The van der Waals surface area contributed by atoms with Crippen molar-refractivity contribution in [2.45, 2.75) is 11.8 Å². The topological polar surface area (TPSA) is 72.2 Å². The van der Waals surface area contributed by atoms with Crippen molar-refractivity contribution in [2.75, 3.05) is 4.72 Å². The fourth-order valence-corrected chi connectivity index (χ4v) is 3.23. The van der Waals surface area contributed by atoms with Gasteiger partial charge in [-0.05, 0) is 48.9 Å². The van der Waals surface area contributed by atoms with E-state index in [4.69, 9.17) is 18.0 Å². The molecule has 0 aliphatic carbocycles. The number of halogens is 1. The van der Waals surface area contributed by atoms with Crippen LogP contribution in [-0.2, 0) is 10.0 Å². The predicted octanol–water partition coefficient (Wildman–Crippen LogP) is 2.57. The minimum atomic E-state index is -3.85. The van der Waals surface area contributed by atoms with Gasteiger partial charge in [-0.1, -0.05) is 18.3 Å². The van der Waals surface area contributed by atoms with Crippen LogP contribution in [0.4, 0.5) is 10.1 Å². The Morgan fingerprint density at radius 3 is 2.38 bits per heavy atom. The molecule has 0 bridgehead atoms. The molecule has 0 unspecified atom stereocenters. The van der Waals surface area contributed by atoms with Crippen molar-refractivity contribution in [3.8, 4) is 0 Å². The van der Waals surface area contributed by atoms with Crippen LogP contribution in [0.1, 0.15) is 11.1 Å². The van der Waals surface area contributed by atoms with Gasteiger partial charge in [0.2, 0.25) is 0 Å². The molecule has 3 N–H and O–H groups in total. The van der Waals surface area contributed by atoms with E-state index in [2.05, 4.69) is 4.72 Å². The van der Waals surface area contributed by atoms with E-state index >= 15 is 0 Å². The highest BCUT2D eigenvalue weighted by Crippen LogP contribution is 2.20. The van der Waals surface area contributed by atoms with E-state index in [-0.39, 0.29) is 9.88 Å². The van der Waals surface area contributed by atoms with E-state index < -0.39 is 15.8 Å². The number of anilines is 1. The van der Waals surface area contributed by atoms with Gasteiger partial charge in [-0.2, -0.15) is 0 Å². The third-order valence-corrected chi connectivity index (χ3v) is 4.62. The molecule has 0 amide bonds. The second kappa shape index (κ2) is 5.79. The second-order valence-corrected chi connectivity index (χ2v) is 6.55. The molecule has 7 heteroatoms. The lowest BCUT2D eigenvalue weighted by molar-refractivity contribution is 0.594. The van der Waals surface area contributed by atoms with Gasteiger partial charge >= 0.3 is 0 Å². The van der Waals surface area contributed by atoms with Gasteiger partial charge in [0.05, 0.1) is 4.90 Å². The summed E-state index contributed by atoms with van der Waals surface area (Å²) in [6.45, 7) is 1.60. The molecule has 0 aromatic heterocycles. The Kier molecular flexibility index (Phi) is 4.24. The lowest BCUT2D eigenvalue weighted by Crippen LogP contribution is -2.15. The maximum atomic E-state index is 13.2. The lowest BCUT2D eigenvalue weighted by atomic mass is 10.2. The number of hydrogen-bond acceptors (Lipinski definition) is 3. The van der Waals surface area contributed by atoms with Crippen LogP contribution in [0.2, 0.25) is 0 Å². The van der Waals surface area contributed by atoms with Crippen molar-refractivity contribution in [1.82, 2.24) is 0 Å². The van der Waals surface area contributed by atoms with Crippen molar-refractivity contribution < 1.29 is 12.8 Å². The zero-order valence-electron chi connectivity index (χ0n) is 11.1. The minimum absolute atomic E-state index is 0.0964. The van der Waals surface area contributed by atoms with Crippen molar-refractivity contribution in [3.63, 3.8) is 0 Å². The smallest absolute Gasteiger partial charge is 0.262 e. The summed E-state index contributed by atoms with van der Waals surface area (Å²) < 4.78 is 40.2. The maximum absolute atomic E-state index is 13.2. The van der Waals surface area contributed by atoms with Gasteiger partial charge in [0.25, 0.3) is 10.0 Å². The number of aryl methyl sites for hydroxylation is 1. The molecule has 0 aliphatic heterocycles. The Morgan fingerprint density at radius 2 is 1.81 bits per heavy atom. The van der Waals surface area contributed by atoms with Crippen LogP contribution in [0, 0.1) is 12.7 Å². The summed E-state index contributed by atoms with van der Waals surface area (Å²) in [5.74, 6) is -0.607.